The molecule has 1 heterocycles. The summed E-state index contributed by atoms with van der Waals surface area (Å²) in [6, 6.07) is 22.2. The Labute approximate surface area is 271 Å². The van der Waals surface area contributed by atoms with Crippen molar-refractivity contribution in [3.05, 3.63) is 90.0 Å². The lowest BCUT2D eigenvalue weighted by molar-refractivity contribution is -0.0149. The number of nitrogens with zero attached hydrogens (tertiary/aromatic N) is 2. The van der Waals surface area contributed by atoms with Crippen LogP contribution in [0.1, 0.15) is 60.7 Å². The number of hydrogen-bond donors (Lipinski definition) is 3. The maximum atomic E-state index is 14.3. The average Bonchev–Trinajstić information content (AvgIpc) is 3.06. The maximum absolute atomic E-state index is 14.3. The molecule has 0 fully saturated rings. The van der Waals surface area contributed by atoms with Gasteiger partial charge in [0.2, 0.25) is 0 Å². The van der Waals surface area contributed by atoms with Crippen LogP contribution in [0, 0.1) is 5.92 Å². The highest BCUT2D eigenvalue weighted by molar-refractivity contribution is 6.02. The molecule has 4 amide bonds. The third-order valence-corrected chi connectivity index (χ3v) is 8.16. The number of anilines is 2. The van der Waals surface area contributed by atoms with E-state index in [0.717, 1.165) is 19.3 Å². The normalized spacial score (nSPS) is 20.0. The van der Waals surface area contributed by atoms with Crippen molar-refractivity contribution >= 4 is 29.2 Å². The molecule has 1 aliphatic rings. The Kier molecular flexibility index (Phi) is 12.6. The molecule has 1 aliphatic heterocycles. The first-order valence-corrected chi connectivity index (χ1v) is 15.9. The first-order valence-electron chi connectivity index (χ1n) is 15.9. The van der Waals surface area contributed by atoms with Gasteiger partial charge in [-0.15, -0.1) is 0 Å². The summed E-state index contributed by atoms with van der Waals surface area (Å²) in [4.78, 5) is 43.5. The zero-order valence-electron chi connectivity index (χ0n) is 27.1. The van der Waals surface area contributed by atoms with E-state index in [1.807, 2.05) is 50.2 Å². The lowest BCUT2D eigenvalue weighted by Crippen LogP contribution is -2.48. The van der Waals surface area contributed by atoms with E-state index in [1.54, 1.807) is 66.2 Å². The van der Waals surface area contributed by atoms with E-state index in [4.69, 9.17) is 9.47 Å². The second-order valence-electron chi connectivity index (χ2n) is 12.0. The number of ether oxygens (including phenoxy) is 2. The first kappa shape index (κ1) is 34.5. The summed E-state index contributed by atoms with van der Waals surface area (Å²) >= 11 is 0. The van der Waals surface area contributed by atoms with Crippen LogP contribution in [0.2, 0.25) is 0 Å². The molecule has 10 heteroatoms. The van der Waals surface area contributed by atoms with Crippen molar-refractivity contribution in [2.24, 2.45) is 5.92 Å². The predicted molar refractivity (Wildman–Crippen MR) is 179 cm³/mol. The van der Waals surface area contributed by atoms with Gasteiger partial charge in [-0.2, -0.15) is 0 Å². The van der Waals surface area contributed by atoms with E-state index >= 15 is 0 Å². The van der Waals surface area contributed by atoms with Crippen molar-refractivity contribution in [2.45, 2.75) is 58.3 Å². The Morgan fingerprint density at radius 1 is 0.978 bits per heavy atom. The highest BCUT2D eigenvalue weighted by Crippen LogP contribution is 2.29. The van der Waals surface area contributed by atoms with Crippen molar-refractivity contribution in [1.29, 1.82) is 0 Å². The van der Waals surface area contributed by atoms with Gasteiger partial charge in [0, 0.05) is 49.6 Å². The molecule has 0 saturated carbocycles. The molecule has 4 rings (SSSR count). The molecule has 0 radical (unpaired) electrons. The number of carbonyl (C=O) groups excluding carboxylic acids is 3. The highest BCUT2D eigenvalue weighted by Gasteiger charge is 2.31. The molecule has 3 aromatic rings. The molecule has 0 aliphatic carbocycles. The number of nitrogens with one attached hydrogen (secondary N) is 2. The minimum Gasteiger partial charge on any atom is -0.490 e. The van der Waals surface area contributed by atoms with Crippen LogP contribution in [0.15, 0.2) is 78.9 Å². The zero-order valence-corrected chi connectivity index (χ0v) is 27.1. The topological polar surface area (TPSA) is 120 Å². The summed E-state index contributed by atoms with van der Waals surface area (Å²) < 4.78 is 12.7. The predicted octanol–water partition coefficient (Wildman–Crippen LogP) is 5.90. The van der Waals surface area contributed by atoms with Crippen LogP contribution in [0.4, 0.5) is 16.2 Å². The molecule has 0 unspecified atom stereocenters. The van der Waals surface area contributed by atoms with Crippen molar-refractivity contribution in [3.63, 3.8) is 0 Å². The quantitative estimate of drug-likeness (QED) is 0.299. The van der Waals surface area contributed by atoms with Crippen LogP contribution in [0.25, 0.3) is 0 Å². The molecule has 3 N–H and O–H groups in total. The van der Waals surface area contributed by atoms with Gasteiger partial charge in [-0.3, -0.25) is 9.59 Å². The number of aliphatic hydroxyl groups excluding tert-OH is 1. The van der Waals surface area contributed by atoms with Crippen molar-refractivity contribution in [2.75, 3.05) is 44.0 Å². The highest BCUT2D eigenvalue weighted by atomic mass is 16.5. The van der Waals surface area contributed by atoms with Gasteiger partial charge in [0.25, 0.3) is 11.8 Å². The Bertz CT molecular complexity index is 1440. The number of para-hydroxylation sites is 1. The van der Waals surface area contributed by atoms with Gasteiger partial charge >= 0.3 is 6.03 Å². The van der Waals surface area contributed by atoms with E-state index < -0.39 is 12.1 Å². The molecular weight excluding hydrogens is 584 g/mol. The smallest absolute Gasteiger partial charge is 0.323 e. The van der Waals surface area contributed by atoms with Crippen LogP contribution in [0.3, 0.4) is 0 Å². The van der Waals surface area contributed by atoms with Gasteiger partial charge in [0.1, 0.15) is 5.75 Å². The average molecular weight is 631 g/mol. The molecule has 4 atom stereocenters. The maximum Gasteiger partial charge on any atom is 0.323 e. The van der Waals surface area contributed by atoms with Crippen LogP contribution in [-0.4, -0.2) is 84.4 Å². The van der Waals surface area contributed by atoms with E-state index in [9.17, 15) is 19.5 Å². The van der Waals surface area contributed by atoms with Gasteiger partial charge in [-0.05, 0) is 75.6 Å². The Hall–Kier alpha value is -4.41. The summed E-state index contributed by atoms with van der Waals surface area (Å²) in [6.07, 6.45) is 1.89. The summed E-state index contributed by atoms with van der Waals surface area (Å²) in [5, 5.41) is 15.8. The monoisotopic (exact) mass is 630 g/mol. The summed E-state index contributed by atoms with van der Waals surface area (Å²) in [6.45, 7) is 6.60. The van der Waals surface area contributed by atoms with Crippen LogP contribution >= 0.6 is 0 Å². The Morgan fingerprint density at radius 2 is 1.65 bits per heavy atom. The number of carbonyl (C=O) groups is 3. The van der Waals surface area contributed by atoms with Gasteiger partial charge in [0.15, 0.2) is 0 Å². The third kappa shape index (κ3) is 9.55. The fourth-order valence-electron chi connectivity index (χ4n) is 5.43. The second-order valence-corrected chi connectivity index (χ2v) is 12.0. The SMILES string of the molecule is C[C@@H]1CN([C@@H](C)CO)C(=O)c2cc(NC(=O)Nc3ccccc3)ccc2O[C@@H](C)CCCCO[C@@H]1CN(C)C(=O)c1ccccc1. The number of fused-ring (bicyclic) bond motifs is 1. The number of urea groups is 1. The van der Waals surface area contributed by atoms with Gasteiger partial charge < -0.3 is 35.0 Å². The third-order valence-electron chi connectivity index (χ3n) is 8.16. The van der Waals surface area contributed by atoms with Crippen molar-refractivity contribution < 1.29 is 29.0 Å². The number of amides is 4. The fraction of sp³-hybridized carbons (Fsp3) is 0.417. The standard InChI is InChI=1S/C36H46N4O6/c1-25-22-40(26(2)24-41)35(43)31-21-30(38-36(44)37-29-16-9-6-10-17-29)18-19-32(31)46-27(3)13-11-12-20-45-33(25)23-39(4)34(42)28-14-7-5-8-15-28/h5-10,14-19,21,25-27,33,41H,11-13,20,22-24H2,1-4H3,(H2,37,38,44)/t25-,26+,27+,33-/m1/s1. The fourth-order valence-corrected chi connectivity index (χ4v) is 5.43. The molecule has 0 bridgehead atoms. The molecule has 0 saturated heterocycles. The van der Waals surface area contributed by atoms with Crippen molar-refractivity contribution in [3.8, 4) is 5.75 Å². The van der Waals surface area contributed by atoms with E-state index in [2.05, 4.69) is 10.6 Å². The Morgan fingerprint density at radius 3 is 2.35 bits per heavy atom. The van der Waals surface area contributed by atoms with Crippen LogP contribution < -0.4 is 15.4 Å². The van der Waals surface area contributed by atoms with Crippen molar-refractivity contribution in [1.82, 2.24) is 9.80 Å². The summed E-state index contributed by atoms with van der Waals surface area (Å²) in [5.41, 5.74) is 1.93. The minimum atomic E-state index is -0.518. The van der Waals surface area contributed by atoms with Gasteiger partial charge in [-0.25, -0.2) is 4.79 Å². The summed E-state index contributed by atoms with van der Waals surface area (Å²) in [5.74, 6) is -0.225. The molecule has 0 aromatic heterocycles. The molecule has 46 heavy (non-hydrogen) atoms. The number of benzene rings is 3. The minimum absolute atomic E-state index is 0.108. The molecule has 10 nitrogen and oxygen atoms in total. The lowest BCUT2D eigenvalue weighted by atomic mass is 10.0. The number of rotatable bonds is 7. The van der Waals surface area contributed by atoms with E-state index in [-0.39, 0.29) is 48.7 Å². The van der Waals surface area contributed by atoms with Gasteiger partial charge in [-0.1, -0.05) is 43.3 Å². The lowest BCUT2D eigenvalue weighted by Gasteiger charge is -2.36. The van der Waals surface area contributed by atoms with E-state index in [1.165, 1.54) is 0 Å². The molecule has 246 valence electrons. The number of hydrogen-bond acceptors (Lipinski definition) is 6. The molecular formula is C36H46N4O6. The van der Waals surface area contributed by atoms with Gasteiger partial charge in [0.05, 0.1) is 30.4 Å². The Balaban J connectivity index is 1.60. The van der Waals surface area contributed by atoms with Crippen LogP contribution in [-0.2, 0) is 4.74 Å². The molecule has 0 spiro atoms. The first-order chi connectivity index (χ1) is 22.2. The summed E-state index contributed by atoms with van der Waals surface area (Å²) in [7, 11) is 1.76. The number of aliphatic hydroxyl groups is 1. The van der Waals surface area contributed by atoms with Crippen LogP contribution in [0.5, 0.6) is 5.75 Å². The largest absolute Gasteiger partial charge is 0.490 e. The zero-order chi connectivity index (χ0) is 33.1. The van der Waals surface area contributed by atoms with E-state index in [0.29, 0.717) is 35.8 Å². The molecule has 3 aromatic carbocycles. The number of likely N-dealkylation sites (N-methyl/N-ethyl adjacent to an activating group) is 1. The second kappa shape index (κ2) is 16.8.